The van der Waals surface area contributed by atoms with Crippen molar-refractivity contribution in [3.05, 3.63) is 0 Å². The number of hydrogen-bond acceptors (Lipinski definition) is 2. The minimum atomic E-state index is 0.166. The Hall–Kier alpha value is -0.840. The lowest BCUT2D eigenvalue weighted by atomic mass is 9.91. The summed E-state index contributed by atoms with van der Waals surface area (Å²) >= 11 is 0. The Morgan fingerprint density at radius 3 is 2.73 bits per heavy atom. The normalized spacial score (nSPS) is 18.7. The van der Waals surface area contributed by atoms with Crippen molar-refractivity contribution in [1.29, 1.82) is 5.26 Å². The van der Waals surface area contributed by atoms with Crippen LogP contribution in [-0.4, -0.2) is 5.78 Å². The van der Waals surface area contributed by atoms with Crippen LogP contribution in [0, 0.1) is 23.2 Å². The zero-order valence-corrected chi connectivity index (χ0v) is 9.67. The van der Waals surface area contributed by atoms with Crippen molar-refractivity contribution in [3.63, 3.8) is 0 Å². The molecule has 1 fully saturated rings. The van der Waals surface area contributed by atoms with E-state index < -0.39 is 0 Å². The largest absolute Gasteiger partial charge is 0.299 e. The molecule has 0 radical (unpaired) electrons. The molecule has 0 heterocycles. The van der Waals surface area contributed by atoms with E-state index in [-0.39, 0.29) is 5.92 Å². The van der Waals surface area contributed by atoms with Gasteiger partial charge in [-0.05, 0) is 18.8 Å². The fourth-order valence-corrected chi connectivity index (χ4v) is 2.35. The van der Waals surface area contributed by atoms with Gasteiger partial charge in [-0.25, -0.2) is 0 Å². The van der Waals surface area contributed by atoms with Gasteiger partial charge in [-0.1, -0.05) is 32.6 Å². The third-order valence-electron chi connectivity index (χ3n) is 3.44. The highest BCUT2D eigenvalue weighted by molar-refractivity contribution is 5.80. The van der Waals surface area contributed by atoms with Gasteiger partial charge < -0.3 is 0 Å². The van der Waals surface area contributed by atoms with Crippen LogP contribution < -0.4 is 0 Å². The van der Waals surface area contributed by atoms with Gasteiger partial charge >= 0.3 is 0 Å². The smallest absolute Gasteiger partial charge is 0.135 e. The summed E-state index contributed by atoms with van der Waals surface area (Å²) in [4.78, 5) is 11.8. The molecular weight excluding hydrogens is 186 g/mol. The summed E-state index contributed by atoms with van der Waals surface area (Å²) in [5, 5.41) is 8.41. The average Bonchev–Trinajstić information content (AvgIpc) is 2.70. The van der Waals surface area contributed by atoms with E-state index in [1.54, 1.807) is 0 Å². The molecule has 0 saturated heterocycles. The first-order valence-corrected chi connectivity index (χ1v) is 6.13. The van der Waals surface area contributed by atoms with Crippen LogP contribution in [0.5, 0.6) is 0 Å². The zero-order chi connectivity index (χ0) is 11.1. The number of nitrogens with zero attached hydrogens (tertiary/aromatic N) is 1. The van der Waals surface area contributed by atoms with Crippen molar-refractivity contribution in [3.8, 4) is 6.07 Å². The molecule has 0 spiro atoms. The number of ketones is 1. The number of Topliss-reactive ketones (excluding diaryl/α,β-unsaturated/α-hetero) is 1. The Labute approximate surface area is 92.7 Å². The lowest BCUT2D eigenvalue weighted by Gasteiger charge is -2.12. The maximum Gasteiger partial charge on any atom is 0.135 e. The molecule has 2 heteroatoms. The topological polar surface area (TPSA) is 40.9 Å². The van der Waals surface area contributed by atoms with Gasteiger partial charge in [-0.15, -0.1) is 0 Å². The summed E-state index contributed by atoms with van der Waals surface area (Å²) in [5.41, 5.74) is 0. The molecule has 0 aromatic carbocycles. The van der Waals surface area contributed by atoms with E-state index in [2.05, 4.69) is 6.07 Å². The molecule has 1 saturated carbocycles. The standard InChI is InChI=1S/C13H21NO/c1-11(6-4-5-9-14)13(15)10-12-7-2-3-8-12/h11-12H,2-8,10H2,1H3. The average molecular weight is 207 g/mol. The van der Waals surface area contributed by atoms with E-state index in [0.29, 0.717) is 18.1 Å². The van der Waals surface area contributed by atoms with Crippen molar-refractivity contribution in [2.45, 2.75) is 58.3 Å². The van der Waals surface area contributed by atoms with Crippen LogP contribution in [0.25, 0.3) is 0 Å². The van der Waals surface area contributed by atoms with E-state index in [9.17, 15) is 4.79 Å². The molecular formula is C13H21NO. The Kier molecular flexibility index (Phi) is 5.39. The number of carbonyl (C=O) groups is 1. The second-order valence-corrected chi connectivity index (χ2v) is 4.77. The van der Waals surface area contributed by atoms with E-state index in [1.807, 2.05) is 6.92 Å². The second-order valence-electron chi connectivity index (χ2n) is 4.77. The van der Waals surface area contributed by atoms with E-state index >= 15 is 0 Å². The molecule has 15 heavy (non-hydrogen) atoms. The van der Waals surface area contributed by atoms with E-state index in [0.717, 1.165) is 19.3 Å². The number of rotatable bonds is 6. The minimum absolute atomic E-state index is 0.166. The number of hydrogen-bond donors (Lipinski definition) is 0. The van der Waals surface area contributed by atoms with Crippen LogP contribution in [0.15, 0.2) is 0 Å². The molecule has 0 aromatic rings. The number of nitriles is 1. The van der Waals surface area contributed by atoms with Gasteiger partial charge in [0, 0.05) is 18.8 Å². The monoisotopic (exact) mass is 207 g/mol. The summed E-state index contributed by atoms with van der Waals surface area (Å²) in [6, 6.07) is 2.12. The van der Waals surface area contributed by atoms with Crippen LogP contribution >= 0.6 is 0 Å². The number of unbranched alkanes of at least 4 members (excludes halogenated alkanes) is 1. The fourth-order valence-electron chi connectivity index (χ4n) is 2.35. The van der Waals surface area contributed by atoms with Crippen LogP contribution in [0.1, 0.15) is 58.3 Å². The van der Waals surface area contributed by atoms with Gasteiger partial charge in [-0.2, -0.15) is 5.26 Å². The molecule has 1 aliphatic rings. The first kappa shape index (κ1) is 12.2. The highest BCUT2D eigenvalue weighted by atomic mass is 16.1. The summed E-state index contributed by atoms with van der Waals surface area (Å²) in [5.74, 6) is 1.25. The van der Waals surface area contributed by atoms with Gasteiger partial charge in [0.15, 0.2) is 0 Å². The highest BCUT2D eigenvalue weighted by Gasteiger charge is 2.21. The Morgan fingerprint density at radius 1 is 1.47 bits per heavy atom. The first-order valence-electron chi connectivity index (χ1n) is 6.13. The molecule has 0 N–H and O–H groups in total. The zero-order valence-electron chi connectivity index (χ0n) is 9.67. The predicted molar refractivity (Wildman–Crippen MR) is 60.2 cm³/mol. The summed E-state index contributed by atoms with van der Waals surface area (Å²) in [7, 11) is 0. The van der Waals surface area contributed by atoms with Gasteiger partial charge in [-0.3, -0.25) is 4.79 Å². The predicted octanol–water partition coefficient (Wildman–Crippen LogP) is 3.47. The molecule has 0 amide bonds. The molecule has 84 valence electrons. The maximum atomic E-state index is 11.8. The lowest BCUT2D eigenvalue weighted by molar-refractivity contribution is -0.123. The highest BCUT2D eigenvalue weighted by Crippen LogP contribution is 2.29. The maximum absolute atomic E-state index is 11.8. The Morgan fingerprint density at radius 2 is 2.13 bits per heavy atom. The van der Waals surface area contributed by atoms with Crippen LogP contribution in [0.3, 0.4) is 0 Å². The molecule has 0 bridgehead atoms. The van der Waals surface area contributed by atoms with Gasteiger partial charge in [0.25, 0.3) is 0 Å². The van der Waals surface area contributed by atoms with Gasteiger partial charge in [0.2, 0.25) is 0 Å². The SMILES string of the molecule is CC(CCCC#N)C(=O)CC1CCCC1. The molecule has 1 rings (SSSR count). The molecule has 0 aromatic heterocycles. The lowest BCUT2D eigenvalue weighted by Crippen LogP contribution is -2.14. The molecule has 2 nitrogen and oxygen atoms in total. The summed E-state index contributed by atoms with van der Waals surface area (Å²) in [6.45, 7) is 2.01. The Balaban J connectivity index is 2.17. The van der Waals surface area contributed by atoms with Crippen molar-refractivity contribution in [1.82, 2.24) is 0 Å². The summed E-state index contributed by atoms with van der Waals surface area (Å²) < 4.78 is 0. The van der Waals surface area contributed by atoms with E-state index in [4.69, 9.17) is 5.26 Å². The third-order valence-corrected chi connectivity index (χ3v) is 3.44. The molecule has 1 aliphatic carbocycles. The first-order chi connectivity index (χ1) is 7.24. The van der Waals surface area contributed by atoms with Crippen LogP contribution in [0.4, 0.5) is 0 Å². The van der Waals surface area contributed by atoms with Gasteiger partial charge in [0.1, 0.15) is 5.78 Å². The van der Waals surface area contributed by atoms with Crippen molar-refractivity contribution >= 4 is 5.78 Å². The fraction of sp³-hybridized carbons (Fsp3) is 0.846. The van der Waals surface area contributed by atoms with Crippen molar-refractivity contribution < 1.29 is 4.79 Å². The molecule has 1 unspecified atom stereocenters. The second kappa shape index (κ2) is 6.61. The third kappa shape index (κ3) is 4.46. The van der Waals surface area contributed by atoms with Crippen molar-refractivity contribution in [2.75, 3.05) is 0 Å². The van der Waals surface area contributed by atoms with Crippen molar-refractivity contribution in [2.24, 2.45) is 11.8 Å². The number of carbonyl (C=O) groups excluding carboxylic acids is 1. The quantitative estimate of drug-likeness (QED) is 0.626. The van der Waals surface area contributed by atoms with Gasteiger partial charge in [0.05, 0.1) is 6.07 Å². The van der Waals surface area contributed by atoms with Crippen LogP contribution in [0.2, 0.25) is 0 Å². The summed E-state index contributed by atoms with van der Waals surface area (Å²) in [6.07, 6.45) is 8.23. The van der Waals surface area contributed by atoms with E-state index in [1.165, 1.54) is 25.7 Å². The molecule has 1 atom stereocenters. The van der Waals surface area contributed by atoms with Crippen LogP contribution in [-0.2, 0) is 4.79 Å². The Bertz CT molecular complexity index is 235. The molecule has 0 aliphatic heterocycles. The minimum Gasteiger partial charge on any atom is -0.299 e.